The molecule has 19 heavy (non-hydrogen) atoms. The van der Waals surface area contributed by atoms with E-state index in [4.69, 9.17) is 19.9 Å². The number of nitrogens with one attached hydrogen (secondary N) is 1. The molecule has 0 saturated heterocycles. The molecule has 0 spiro atoms. The van der Waals surface area contributed by atoms with Crippen LogP contribution in [0.15, 0.2) is 18.2 Å². The van der Waals surface area contributed by atoms with Crippen LogP contribution in [0.4, 0.5) is 0 Å². The summed E-state index contributed by atoms with van der Waals surface area (Å²) in [6.07, 6.45) is 0.465. The van der Waals surface area contributed by atoms with E-state index in [2.05, 4.69) is 5.32 Å². The van der Waals surface area contributed by atoms with Crippen molar-refractivity contribution in [1.29, 1.82) is 0 Å². The smallest absolute Gasteiger partial charge is 0.234 e. The number of ether oxygens (including phenoxy) is 3. The number of carbonyl (C=O) groups is 1. The molecule has 6 nitrogen and oxygen atoms in total. The van der Waals surface area contributed by atoms with E-state index in [0.29, 0.717) is 30.3 Å². The second kappa shape index (κ2) is 7.48. The highest BCUT2D eigenvalue weighted by Crippen LogP contribution is 2.36. The van der Waals surface area contributed by atoms with Gasteiger partial charge < -0.3 is 25.3 Å². The molecule has 0 aliphatic carbocycles. The molecule has 0 aliphatic heterocycles. The van der Waals surface area contributed by atoms with Gasteiger partial charge in [-0.05, 0) is 19.2 Å². The molecular formula is C13H20N2O4. The fraction of sp³-hybridized carbons (Fsp3) is 0.462. The summed E-state index contributed by atoms with van der Waals surface area (Å²) in [5.74, 6) is 1.28. The van der Waals surface area contributed by atoms with Gasteiger partial charge in [0.15, 0.2) is 11.5 Å². The Balaban J connectivity index is 2.69. The van der Waals surface area contributed by atoms with Crippen LogP contribution in [-0.2, 0) is 4.79 Å². The van der Waals surface area contributed by atoms with E-state index in [-0.39, 0.29) is 0 Å². The number of benzene rings is 1. The number of primary amides is 1. The predicted octanol–water partition coefficient (Wildman–Crippen LogP) is 0.546. The van der Waals surface area contributed by atoms with Gasteiger partial charge in [-0.1, -0.05) is 6.07 Å². The fourth-order valence-electron chi connectivity index (χ4n) is 1.67. The largest absolute Gasteiger partial charge is 0.493 e. The average Bonchev–Trinajstić information content (AvgIpc) is 2.42. The molecule has 0 bridgehead atoms. The Bertz CT molecular complexity index is 401. The van der Waals surface area contributed by atoms with Crippen molar-refractivity contribution in [3.05, 3.63) is 18.2 Å². The first-order valence-corrected chi connectivity index (χ1v) is 5.94. The van der Waals surface area contributed by atoms with Crippen LogP contribution >= 0.6 is 0 Å². The van der Waals surface area contributed by atoms with Crippen molar-refractivity contribution >= 4 is 5.91 Å². The topological polar surface area (TPSA) is 82.8 Å². The molecule has 0 fully saturated rings. The van der Waals surface area contributed by atoms with E-state index >= 15 is 0 Å². The van der Waals surface area contributed by atoms with Crippen molar-refractivity contribution in [1.82, 2.24) is 5.32 Å². The first-order chi connectivity index (χ1) is 9.13. The zero-order valence-corrected chi connectivity index (χ0v) is 11.4. The van der Waals surface area contributed by atoms with Gasteiger partial charge in [0.05, 0.1) is 26.9 Å². The first-order valence-electron chi connectivity index (χ1n) is 5.94. The van der Waals surface area contributed by atoms with Crippen LogP contribution in [0.2, 0.25) is 0 Å². The minimum absolute atomic E-state index is 0.325. The lowest BCUT2D eigenvalue weighted by Gasteiger charge is -2.16. The fourth-order valence-corrected chi connectivity index (χ4v) is 1.67. The second-order valence-electron chi connectivity index (χ2n) is 3.87. The summed E-state index contributed by atoms with van der Waals surface area (Å²) in [7, 11) is 4.79. The molecule has 1 rings (SSSR count). The van der Waals surface area contributed by atoms with Crippen molar-refractivity contribution < 1.29 is 19.0 Å². The Morgan fingerprint density at radius 2 is 1.89 bits per heavy atom. The van der Waals surface area contributed by atoms with Gasteiger partial charge in [0.2, 0.25) is 11.7 Å². The number of hydrogen-bond acceptors (Lipinski definition) is 5. The quantitative estimate of drug-likeness (QED) is 0.719. The number of hydrogen-bond donors (Lipinski definition) is 2. The normalized spacial score (nSPS) is 11.7. The molecule has 1 aromatic rings. The number of nitrogens with two attached hydrogens (primary N) is 1. The lowest BCUT2D eigenvalue weighted by atomic mass is 10.2. The molecule has 0 aliphatic rings. The molecule has 1 unspecified atom stereocenters. The van der Waals surface area contributed by atoms with E-state index in [0.717, 1.165) is 0 Å². The van der Waals surface area contributed by atoms with E-state index < -0.39 is 11.9 Å². The van der Waals surface area contributed by atoms with Crippen LogP contribution in [0, 0.1) is 0 Å². The molecule has 1 aromatic carbocycles. The predicted molar refractivity (Wildman–Crippen MR) is 71.7 cm³/mol. The molecule has 3 N–H and O–H groups in total. The maximum absolute atomic E-state index is 11.1. The Morgan fingerprint density at radius 1 is 1.32 bits per heavy atom. The van der Waals surface area contributed by atoms with Gasteiger partial charge in [0.1, 0.15) is 0 Å². The number of para-hydroxylation sites is 1. The van der Waals surface area contributed by atoms with Crippen molar-refractivity contribution in [2.75, 3.05) is 27.9 Å². The molecule has 0 heterocycles. The van der Waals surface area contributed by atoms with Crippen LogP contribution < -0.4 is 25.3 Å². The minimum Gasteiger partial charge on any atom is -0.493 e. The van der Waals surface area contributed by atoms with Gasteiger partial charge in [-0.3, -0.25) is 4.79 Å². The van der Waals surface area contributed by atoms with Gasteiger partial charge in [-0.25, -0.2) is 0 Å². The summed E-state index contributed by atoms with van der Waals surface area (Å²) >= 11 is 0. The lowest BCUT2D eigenvalue weighted by molar-refractivity contribution is -0.120. The van der Waals surface area contributed by atoms with Gasteiger partial charge in [0, 0.05) is 6.42 Å². The van der Waals surface area contributed by atoms with Crippen LogP contribution in [0.5, 0.6) is 17.2 Å². The second-order valence-corrected chi connectivity index (χ2v) is 3.87. The lowest BCUT2D eigenvalue weighted by Crippen LogP contribution is -2.40. The molecule has 0 saturated carbocycles. The highest BCUT2D eigenvalue weighted by molar-refractivity contribution is 5.79. The summed E-state index contributed by atoms with van der Waals surface area (Å²) in [5.41, 5.74) is 5.23. The standard InChI is InChI=1S/C13H20N2O4/c1-15-9(13(14)16)7-8-19-12-10(17-2)5-4-6-11(12)18-3/h4-6,9,15H,7-8H2,1-3H3,(H2,14,16). The third-order valence-corrected chi connectivity index (χ3v) is 2.73. The third-order valence-electron chi connectivity index (χ3n) is 2.73. The van der Waals surface area contributed by atoms with Crippen LogP contribution in [0.25, 0.3) is 0 Å². The van der Waals surface area contributed by atoms with E-state index in [9.17, 15) is 4.79 Å². The molecule has 0 aromatic heterocycles. The summed E-state index contributed by atoms with van der Waals surface area (Å²) < 4.78 is 16.0. The number of amides is 1. The highest BCUT2D eigenvalue weighted by Gasteiger charge is 2.15. The first kappa shape index (κ1) is 15.1. The van der Waals surface area contributed by atoms with Gasteiger partial charge in [-0.15, -0.1) is 0 Å². The Morgan fingerprint density at radius 3 is 2.32 bits per heavy atom. The molecule has 106 valence electrons. The van der Waals surface area contributed by atoms with Crippen LogP contribution in [0.1, 0.15) is 6.42 Å². The summed E-state index contributed by atoms with van der Waals surface area (Å²) in [4.78, 5) is 11.1. The average molecular weight is 268 g/mol. The SMILES string of the molecule is CNC(CCOc1c(OC)cccc1OC)C(N)=O. The zero-order valence-electron chi connectivity index (χ0n) is 11.4. The number of methoxy groups -OCH3 is 2. The monoisotopic (exact) mass is 268 g/mol. The zero-order chi connectivity index (χ0) is 14.3. The van der Waals surface area contributed by atoms with Crippen molar-refractivity contribution in [3.63, 3.8) is 0 Å². The van der Waals surface area contributed by atoms with Crippen LogP contribution in [0.3, 0.4) is 0 Å². The van der Waals surface area contributed by atoms with Crippen molar-refractivity contribution in [3.8, 4) is 17.2 Å². The van der Waals surface area contributed by atoms with Crippen molar-refractivity contribution in [2.24, 2.45) is 5.73 Å². The summed E-state index contributed by atoms with van der Waals surface area (Å²) in [6, 6.07) is 4.95. The highest BCUT2D eigenvalue weighted by atomic mass is 16.5. The Hall–Kier alpha value is -1.95. The molecular weight excluding hydrogens is 248 g/mol. The minimum atomic E-state index is -0.416. The Labute approximate surface area is 112 Å². The molecule has 1 amide bonds. The molecule has 6 heteroatoms. The van der Waals surface area contributed by atoms with Gasteiger partial charge >= 0.3 is 0 Å². The van der Waals surface area contributed by atoms with Crippen LogP contribution in [-0.4, -0.2) is 39.8 Å². The summed E-state index contributed by atoms with van der Waals surface area (Å²) in [5, 5.41) is 2.83. The van der Waals surface area contributed by atoms with Gasteiger partial charge in [0.25, 0.3) is 0 Å². The maximum atomic E-state index is 11.1. The Kier molecular flexibility index (Phi) is 5.95. The maximum Gasteiger partial charge on any atom is 0.234 e. The van der Waals surface area contributed by atoms with Gasteiger partial charge in [-0.2, -0.15) is 0 Å². The van der Waals surface area contributed by atoms with Crippen molar-refractivity contribution in [2.45, 2.75) is 12.5 Å². The number of rotatable bonds is 8. The van der Waals surface area contributed by atoms with E-state index in [1.807, 2.05) is 6.07 Å². The number of likely N-dealkylation sites (N-methyl/N-ethyl adjacent to an activating group) is 1. The summed E-state index contributed by atoms with van der Waals surface area (Å²) in [6.45, 7) is 0.325. The molecule has 1 atom stereocenters. The van der Waals surface area contributed by atoms with E-state index in [1.54, 1.807) is 33.4 Å². The third kappa shape index (κ3) is 4.03. The number of carbonyl (C=O) groups excluding carboxylic acids is 1. The van der Waals surface area contributed by atoms with E-state index in [1.165, 1.54) is 0 Å². The molecule has 0 radical (unpaired) electrons.